The molecule has 2 N–H and O–H groups in total. The van der Waals surface area contributed by atoms with Gasteiger partial charge in [-0.25, -0.2) is 0 Å². The normalized spacial score (nSPS) is 22.5. The minimum atomic E-state index is -0.332. The van der Waals surface area contributed by atoms with E-state index in [-0.39, 0.29) is 31.3 Å². The van der Waals surface area contributed by atoms with Crippen molar-refractivity contribution in [1.29, 1.82) is 0 Å². The summed E-state index contributed by atoms with van der Waals surface area (Å²) in [4.78, 5) is 17.8. The third-order valence-corrected chi connectivity index (χ3v) is 7.45. The van der Waals surface area contributed by atoms with E-state index in [2.05, 4.69) is 30.2 Å². The highest BCUT2D eigenvalue weighted by molar-refractivity contribution is 5.83. The van der Waals surface area contributed by atoms with E-state index in [0.717, 1.165) is 41.4 Å². The van der Waals surface area contributed by atoms with Gasteiger partial charge in [0, 0.05) is 29.5 Å². The van der Waals surface area contributed by atoms with Gasteiger partial charge in [-0.05, 0) is 42.2 Å². The molecular weight excluding hydrogens is 428 g/mol. The molecule has 6 heteroatoms. The fourth-order valence-electron chi connectivity index (χ4n) is 5.58. The van der Waals surface area contributed by atoms with Crippen molar-refractivity contribution >= 4 is 16.9 Å². The zero-order valence-corrected chi connectivity index (χ0v) is 19.9. The second-order valence-electron chi connectivity index (χ2n) is 9.40. The lowest BCUT2D eigenvalue weighted by molar-refractivity contribution is -0.714. The smallest absolute Gasteiger partial charge is 0.311 e. The quantitative estimate of drug-likeness (QED) is 0.535. The summed E-state index contributed by atoms with van der Waals surface area (Å²) in [6.45, 7) is 5.84. The van der Waals surface area contributed by atoms with Crippen molar-refractivity contribution in [2.75, 3.05) is 13.3 Å². The van der Waals surface area contributed by atoms with Crippen molar-refractivity contribution in [2.45, 2.75) is 51.7 Å². The maximum absolute atomic E-state index is 13.2. The molecule has 2 aliphatic rings. The van der Waals surface area contributed by atoms with E-state index < -0.39 is 0 Å². The maximum Gasteiger partial charge on any atom is 0.311 e. The van der Waals surface area contributed by atoms with Crippen LogP contribution in [-0.4, -0.2) is 30.3 Å². The number of carbonyl (C=O) groups excluding carboxylic acids is 1. The Hall–Kier alpha value is -3.12. The van der Waals surface area contributed by atoms with Crippen LogP contribution in [0.1, 0.15) is 50.3 Å². The highest BCUT2D eigenvalue weighted by Crippen LogP contribution is 2.35. The SMILES string of the molecule is CC[C@H]1C[NH2+][C@@H]([C@@H](OC(=O)Cc2ccc3c(c2)OCO3)c2ccnc3ccccc23)C[C@@H]1CC. The molecule has 0 saturated carbocycles. The Bertz CT molecular complexity index is 1160. The summed E-state index contributed by atoms with van der Waals surface area (Å²) < 4.78 is 17.2. The molecule has 0 bridgehead atoms. The van der Waals surface area contributed by atoms with E-state index in [1.54, 1.807) is 0 Å². The summed E-state index contributed by atoms with van der Waals surface area (Å²) in [6.07, 6.45) is 5.06. The lowest BCUT2D eigenvalue weighted by Gasteiger charge is -2.37. The zero-order valence-electron chi connectivity index (χ0n) is 19.9. The van der Waals surface area contributed by atoms with E-state index in [4.69, 9.17) is 14.2 Å². The van der Waals surface area contributed by atoms with Crippen LogP contribution in [0.2, 0.25) is 0 Å². The number of carbonyl (C=O) groups is 1. The molecule has 6 nitrogen and oxygen atoms in total. The molecule has 0 unspecified atom stereocenters. The molecule has 3 aromatic rings. The van der Waals surface area contributed by atoms with Gasteiger partial charge in [0.1, 0.15) is 6.04 Å². The number of pyridine rings is 1. The molecule has 5 rings (SSSR count). The van der Waals surface area contributed by atoms with Gasteiger partial charge >= 0.3 is 5.97 Å². The Morgan fingerprint density at radius 1 is 1.09 bits per heavy atom. The van der Waals surface area contributed by atoms with Crippen LogP contribution in [0.5, 0.6) is 11.5 Å². The molecule has 0 radical (unpaired) electrons. The lowest BCUT2D eigenvalue weighted by Crippen LogP contribution is -2.94. The van der Waals surface area contributed by atoms with Gasteiger partial charge in [-0.2, -0.15) is 0 Å². The summed E-state index contributed by atoms with van der Waals surface area (Å²) in [7, 11) is 0. The number of para-hydroxylation sites is 1. The molecule has 4 atom stereocenters. The van der Waals surface area contributed by atoms with Gasteiger partial charge in [-0.15, -0.1) is 0 Å². The molecule has 178 valence electrons. The predicted molar refractivity (Wildman–Crippen MR) is 130 cm³/mol. The molecular formula is C28H33N2O4+. The Kier molecular flexibility index (Phi) is 6.68. The maximum atomic E-state index is 13.2. The van der Waals surface area contributed by atoms with Gasteiger partial charge in [-0.3, -0.25) is 9.78 Å². The first-order chi connectivity index (χ1) is 16.7. The molecule has 0 spiro atoms. The van der Waals surface area contributed by atoms with E-state index in [1.807, 2.05) is 48.7 Å². The summed E-state index contributed by atoms with van der Waals surface area (Å²) in [6, 6.07) is 15.9. The first-order valence-corrected chi connectivity index (χ1v) is 12.4. The topological polar surface area (TPSA) is 74.3 Å². The Morgan fingerprint density at radius 2 is 1.91 bits per heavy atom. The van der Waals surface area contributed by atoms with Crippen LogP contribution < -0.4 is 14.8 Å². The van der Waals surface area contributed by atoms with E-state index in [1.165, 1.54) is 6.42 Å². The van der Waals surface area contributed by atoms with E-state index in [9.17, 15) is 4.79 Å². The van der Waals surface area contributed by atoms with Crippen molar-refractivity contribution in [3.05, 3.63) is 65.9 Å². The molecule has 0 amide bonds. The fraction of sp³-hybridized carbons (Fsp3) is 0.429. The Labute approximate surface area is 200 Å². The minimum absolute atomic E-state index is 0.180. The van der Waals surface area contributed by atoms with Crippen molar-refractivity contribution in [2.24, 2.45) is 11.8 Å². The van der Waals surface area contributed by atoms with Gasteiger partial charge in [0.15, 0.2) is 17.6 Å². The van der Waals surface area contributed by atoms with Crippen molar-refractivity contribution in [1.82, 2.24) is 4.98 Å². The number of fused-ring (bicyclic) bond motifs is 2. The standard InChI is InChI=1S/C28H32N2O4/c1-3-19-15-24(30-16-20(19)4-2)28(22-11-12-29-23-8-6-5-7-21(22)23)34-27(31)14-18-9-10-25-26(13-18)33-17-32-25/h5-13,19-20,24,28,30H,3-4,14-17H2,1-2H3/p+1/t19-,20-,24+,28-/m0/s1. The van der Waals surface area contributed by atoms with Gasteiger partial charge in [0.2, 0.25) is 6.79 Å². The van der Waals surface area contributed by atoms with Crippen LogP contribution in [0, 0.1) is 11.8 Å². The fourth-order valence-corrected chi connectivity index (χ4v) is 5.58. The van der Waals surface area contributed by atoms with E-state index >= 15 is 0 Å². The molecule has 1 fully saturated rings. The second-order valence-corrected chi connectivity index (χ2v) is 9.40. The number of benzene rings is 2. The largest absolute Gasteiger partial charge is 0.454 e. The molecule has 1 saturated heterocycles. The van der Waals surface area contributed by atoms with Crippen molar-refractivity contribution < 1.29 is 24.3 Å². The molecule has 1 aromatic heterocycles. The molecule has 34 heavy (non-hydrogen) atoms. The third kappa shape index (κ3) is 4.60. The number of quaternary nitrogens is 1. The van der Waals surface area contributed by atoms with E-state index in [0.29, 0.717) is 23.3 Å². The van der Waals surface area contributed by atoms with Gasteiger partial charge in [-0.1, -0.05) is 44.5 Å². The van der Waals surface area contributed by atoms with Gasteiger partial charge in [0.05, 0.1) is 18.5 Å². The highest BCUT2D eigenvalue weighted by Gasteiger charge is 2.39. The number of rotatable bonds is 7. The first kappa shape index (κ1) is 22.7. The van der Waals surface area contributed by atoms with Crippen LogP contribution in [0.3, 0.4) is 0 Å². The minimum Gasteiger partial charge on any atom is -0.454 e. The van der Waals surface area contributed by atoms with Crippen LogP contribution in [0.15, 0.2) is 54.7 Å². The monoisotopic (exact) mass is 461 g/mol. The molecule has 0 aliphatic carbocycles. The molecule has 3 heterocycles. The van der Waals surface area contributed by atoms with Gasteiger partial charge < -0.3 is 19.5 Å². The van der Waals surface area contributed by atoms with Crippen LogP contribution >= 0.6 is 0 Å². The summed E-state index contributed by atoms with van der Waals surface area (Å²) in [5, 5.41) is 3.44. The number of hydrogen-bond donors (Lipinski definition) is 1. The number of nitrogens with two attached hydrogens (primary N) is 1. The summed E-state index contributed by atoms with van der Waals surface area (Å²) in [5.74, 6) is 2.51. The average molecular weight is 462 g/mol. The third-order valence-electron chi connectivity index (χ3n) is 7.45. The summed E-state index contributed by atoms with van der Waals surface area (Å²) >= 11 is 0. The first-order valence-electron chi connectivity index (χ1n) is 12.4. The molecule has 2 aromatic carbocycles. The number of nitrogens with zero attached hydrogens (tertiary/aromatic N) is 1. The highest BCUT2D eigenvalue weighted by atomic mass is 16.7. The van der Waals surface area contributed by atoms with Crippen LogP contribution in [-0.2, 0) is 16.0 Å². The number of esters is 1. The van der Waals surface area contributed by atoms with Crippen LogP contribution in [0.25, 0.3) is 10.9 Å². The van der Waals surface area contributed by atoms with Crippen molar-refractivity contribution in [3.8, 4) is 11.5 Å². The zero-order chi connectivity index (χ0) is 23.5. The summed E-state index contributed by atoms with van der Waals surface area (Å²) in [5.41, 5.74) is 2.82. The lowest BCUT2D eigenvalue weighted by atomic mass is 9.77. The van der Waals surface area contributed by atoms with Crippen LogP contribution in [0.4, 0.5) is 0 Å². The number of hydrogen-bond acceptors (Lipinski definition) is 5. The molecule has 2 aliphatic heterocycles. The Balaban J connectivity index is 1.42. The Morgan fingerprint density at radius 3 is 2.76 bits per heavy atom. The average Bonchev–Trinajstić information content (AvgIpc) is 3.34. The second kappa shape index (κ2) is 10.0. The number of ether oxygens (including phenoxy) is 3. The van der Waals surface area contributed by atoms with Crippen molar-refractivity contribution in [3.63, 3.8) is 0 Å². The number of piperidine rings is 1. The van der Waals surface area contributed by atoms with Gasteiger partial charge in [0.25, 0.3) is 0 Å². The predicted octanol–water partition coefficient (Wildman–Crippen LogP) is 4.18. The number of aromatic nitrogens is 1.